The van der Waals surface area contributed by atoms with Crippen LogP contribution in [0.4, 0.5) is 0 Å². The molecule has 0 saturated heterocycles. The molecule has 4 atom stereocenters. The van der Waals surface area contributed by atoms with E-state index >= 15 is 0 Å². The molecule has 4 aliphatic carbocycles. The number of carbonyl (C=O) groups is 4. The molecule has 0 amide bonds. The monoisotopic (exact) mass is 484 g/mol. The van der Waals surface area contributed by atoms with E-state index in [2.05, 4.69) is 13.0 Å². The smallest absolute Gasteiger partial charge is 0.194 e. The van der Waals surface area contributed by atoms with E-state index in [1.165, 1.54) is 0 Å². The van der Waals surface area contributed by atoms with Crippen molar-refractivity contribution in [2.75, 3.05) is 0 Å². The highest BCUT2D eigenvalue weighted by atomic mass is 16.1. The van der Waals surface area contributed by atoms with Gasteiger partial charge in [-0.1, -0.05) is 73.7 Å². The SMILES string of the molecule is Cc1c(C2CC2C2C3=C(C=CC2C)C(=O)c2ccccc2C3=O)ccc2c1C(=O)c1ccccc1C2=O. The molecule has 1 saturated carbocycles. The van der Waals surface area contributed by atoms with Crippen molar-refractivity contribution in [1.82, 2.24) is 0 Å². The number of fused-ring (bicyclic) bond motifs is 3. The number of carbonyl (C=O) groups excluding carboxylic acids is 4. The third kappa shape index (κ3) is 2.96. The van der Waals surface area contributed by atoms with Gasteiger partial charge in [-0.3, -0.25) is 19.2 Å². The minimum Gasteiger partial charge on any atom is -0.289 e. The fourth-order valence-electron chi connectivity index (χ4n) is 6.88. The van der Waals surface area contributed by atoms with Gasteiger partial charge in [0, 0.05) is 44.5 Å². The maximum atomic E-state index is 13.7. The molecule has 0 heterocycles. The number of Topliss-reactive ketones (excluding diaryl/α,β-unsaturated/α-hetero) is 2. The van der Waals surface area contributed by atoms with Crippen LogP contribution in [-0.2, 0) is 0 Å². The summed E-state index contributed by atoms with van der Waals surface area (Å²) in [7, 11) is 0. The van der Waals surface area contributed by atoms with Gasteiger partial charge in [0.2, 0.25) is 0 Å². The highest BCUT2D eigenvalue weighted by molar-refractivity contribution is 6.29. The molecule has 4 aliphatic rings. The van der Waals surface area contributed by atoms with E-state index in [0.717, 1.165) is 17.5 Å². The fourth-order valence-corrected chi connectivity index (χ4v) is 6.88. The van der Waals surface area contributed by atoms with Crippen molar-refractivity contribution < 1.29 is 19.2 Å². The number of rotatable bonds is 2. The Morgan fingerprint density at radius 3 is 1.95 bits per heavy atom. The van der Waals surface area contributed by atoms with Crippen LogP contribution in [0.1, 0.15) is 82.9 Å². The van der Waals surface area contributed by atoms with E-state index < -0.39 is 0 Å². The normalized spacial score (nSPS) is 25.5. The summed E-state index contributed by atoms with van der Waals surface area (Å²) in [5.74, 6) is 0.0545. The molecule has 0 spiro atoms. The third-order valence-electron chi connectivity index (χ3n) is 8.76. The quantitative estimate of drug-likeness (QED) is 0.346. The molecule has 0 bridgehead atoms. The van der Waals surface area contributed by atoms with E-state index in [4.69, 9.17) is 0 Å². The Balaban J connectivity index is 1.27. The largest absolute Gasteiger partial charge is 0.289 e. The maximum Gasteiger partial charge on any atom is 0.194 e. The Morgan fingerprint density at radius 2 is 1.27 bits per heavy atom. The molecule has 4 heteroatoms. The summed E-state index contributed by atoms with van der Waals surface area (Å²) >= 11 is 0. The summed E-state index contributed by atoms with van der Waals surface area (Å²) in [5.41, 5.74) is 5.92. The molecule has 37 heavy (non-hydrogen) atoms. The van der Waals surface area contributed by atoms with Gasteiger partial charge in [0.15, 0.2) is 23.1 Å². The second kappa shape index (κ2) is 7.66. The lowest BCUT2D eigenvalue weighted by molar-refractivity contribution is 0.0959. The Labute approximate surface area is 214 Å². The zero-order valence-electron chi connectivity index (χ0n) is 20.6. The molecule has 4 nitrogen and oxygen atoms in total. The van der Waals surface area contributed by atoms with Gasteiger partial charge in [0.1, 0.15) is 0 Å². The van der Waals surface area contributed by atoms with Gasteiger partial charge >= 0.3 is 0 Å². The summed E-state index contributed by atoms with van der Waals surface area (Å²) in [6, 6.07) is 17.9. The summed E-state index contributed by atoms with van der Waals surface area (Å²) < 4.78 is 0. The van der Waals surface area contributed by atoms with E-state index in [1.807, 2.05) is 19.1 Å². The minimum absolute atomic E-state index is 0.0448. The lowest BCUT2D eigenvalue weighted by Gasteiger charge is -2.32. The van der Waals surface area contributed by atoms with E-state index in [-0.39, 0.29) is 46.8 Å². The van der Waals surface area contributed by atoms with Crippen molar-refractivity contribution in [2.45, 2.75) is 26.2 Å². The highest BCUT2D eigenvalue weighted by Crippen LogP contribution is 2.59. The average molecular weight is 485 g/mol. The maximum absolute atomic E-state index is 13.7. The second-order valence-corrected chi connectivity index (χ2v) is 10.7. The molecule has 0 radical (unpaired) electrons. The molecule has 3 aromatic rings. The summed E-state index contributed by atoms with van der Waals surface area (Å²) in [4.78, 5) is 53.5. The molecule has 0 N–H and O–H groups in total. The Kier molecular flexibility index (Phi) is 4.56. The van der Waals surface area contributed by atoms with Gasteiger partial charge in [-0.15, -0.1) is 0 Å². The number of hydrogen-bond acceptors (Lipinski definition) is 4. The van der Waals surface area contributed by atoms with E-state index in [0.29, 0.717) is 44.5 Å². The first-order valence-electron chi connectivity index (χ1n) is 12.8. The first-order valence-corrected chi connectivity index (χ1v) is 12.8. The van der Waals surface area contributed by atoms with Crippen LogP contribution in [0.15, 0.2) is 84.0 Å². The lowest BCUT2D eigenvalue weighted by atomic mass is 9.69. The van der Waals surface area contributed by atoms with Crippen molar-refractivity contribution in [3.8, 4) is 0 Å². The highest BCUT2D eigenvalue weighted by Gasteiger charge is 2.51. The topological polar surface area (TPSA) is 68.3 Å². The molecular formula is C33H24O4. The van der Waals surface area contributed by atoms with Crippen molar-refractivity contribution >= 4 is 23.1 Å². The summed E-state index contributed by atoms with van der Waals surface area (Å²) in [5, 5.41) is 0. The Hall–Kier alpha value is -4.18. The Bertz CT molecular complexity index is 1670. The minimum atomic E-state index is -0.113. The van der Waals surface area contributed by atoms with Gasteiger partial charge in [0.25, 0.3) is 0 Å². The predicted octanol–water partition coefficient (Wildman–Crippen LogP) is 6.07. The predicted molar refractivity (Wildman–Crippen MR) is 139 cm³/mol. The van der Waals surface area contributed by atoms with Crippen LogP contribution >= 0.6 is 0 Å². The van der Waals surface area contributed by atoms with Crippen LogP contribution in [0.2, 0.25) is 0 Å². The lowest BCUT2D eigenvalue weighted by Crippen LogP contribution is -2.31. The van der Waals surface area contributed by atoms with Crippen molar-refractivity contribution in [2.24, 2.45) is 17.8 Å². The summed E-state index contributed by atoms with van der Waals surface area (Å²) in [6.07, 6.45) is 4.76. The zero-order chi connectivity index (χ0) is 25.6. The van der Waals surface area contributed by atoms with Crippen molar-refractivity contribution in [3.63, 3.8) is 0 Å². The molecule has 0 aromatic heterocycles. The first-order chi connectivity index (χ1) is 17.9. The molecule has 7 rings (SSSR count). The van der Waals surface area contributed by atoms with Crippen LogP contribution in [0.5, 0.6) is 0 Å². The van der Waals surface area contributed by atoms with Crippen LogP contribution in [-0.4, -0.2) is 23.1 Å². The van der Waals surface area contributed by atoms with Gasteiger partial charge < -0.3 is 0 Å². The number of benzene rings is 3. The third-order valence-corrected chi connectivity index (χ3v) is 8.76. The standard InChI is InChI=1S/C33H24O4/c1-16-11-12-24-29(33(37)22-10-6-4-8-20(22)31(24)35)27(16)26-15-25(26)18-13-14-23-28(17(18)2)32(36)21-9-5-3-7-19(21)30(23)34/h3-14,16,25-27H,15H2,1-2H3. The molecule has 1 fully saturated rings. The van der Waals surface area contributed by atoms with Gasteiger partial charge in [-0.2, -0.15) is 0 Å². The van der Waals surface area contributed by atoms with Gasteiger partial charge in [-0.25, -0.2) is 0 Å². The van der Waals surface area contributed by atoms with Crippen LogP contribution in [0.3, 0.4) is 0 Å². The molecule has 4 unspecified atom stereocenters. The molecule has 180 valence electrons. The number of allylic oxidation sites excluding steroid dienone is 4. The van der Waals surface area contributed by atoms with Gasteiger partial charge in [0.05, 0.1) is 0 Å². The molecular weight excluding hydrogens is 460 g/mol. The molecule has 0 aliphatic heterocycles. The fraction of sp³-hybridized carbons (Fsp3) is 0.212. The molecule has 3 aromatic carbocycles. The number of hydrogen-bond donors (Lipinski definition) is 0. The number of ketones is 4. The zero-order valence-corrected chi connectivity index (χ0v) is 20.6. The Morgan fingerprint density at radius 1 is 0.676 bits per heavy atom. The van der Waals surface area contributed by atoms with E-state index in [1.54, 1.807) is 54.6 Å². The van der Waals surface area contributed by atoms with Gasteiger partial charge in [-0.05, 0) is 54.2 Å². The van der Waals surface area contributed by atoms with Crippen LogP contribution < -0.4 is 0 Å². The van der Waals surface area contributed by atoms with Crippen molar-refractivity contribution in [1.29, 1.82) is 0 Å². The van der Waals surface area contributed by atoms with Crippen LogP contribution in [0, 0.1) is 24.7 Å². The second-order valence-electron chi connectivity index (χ2n) is 10.7. The van der Waals surface area contributed by atoms with E-state index in [9.17, 15) is 19.2 Å². The van der Waals surface area contributed by atoms with Crippen LogP contribution in [0.25, 0.3) is 0 Å². The summed E-state index contributed by atoms with van der Waals surface area (Å²) in [6.45, 7) is 4.04. The van der Waals surface area contributed by atoms with Crippen molar-refractivity contribution in [3.05, 3.63) is 128 Å². The average Bonchev–Trinajstić information content (AvgIpc) is 3.70. The first kappa shape index (κ1) is 22.1.